The molecule has 36 heavy (non-hydrogen) atoms. The second kappa shape index (κ2) is 10.9. The Balaban J connectivity index is 1.28. The number of anilines is 3. The van der Waals surface area contributed by atoms with E-state index in [2.05, 4.69) is 53.1 Å². The fourth-order valence-corrected chi connectivity index (χ4v) is 5.40. The Morgan fingerprint density at radius 2 is 1.67 bits per heavy atom. The van der Waals surface area contributed by atoms with Crippen molar-refractivity contribution in [1.29, 1.82) is 0 Å². The number of hydrogen-bond acceptors (Lipinski definition) is 4. The van der Waals surface area contributed by atoms with Crippen molar-refractivity contribution in [2.75, 3.05) is 35.7 Å². The largest absolute Gasteiger partial charge is 0.469 e. The average molecular weight is 484 g/mol. The van der Waals surface area contributed by atoms with Gasteiger partial charge in [-0.05, 0) is 78.5 Å². The lowest BCUT2D eigenvalue weighted by molar-refractivity contribution is -0.142. The van der Waals surface area contributed by atoms with Crippen LogP contribution < -0.4 is 15.5 Å². The number of ether oxygens (including phenoxy) is 1. The zero-order chi connectivity index (χ0) is 24.9. The highest BCUT2D eigenvalue weighted by molar-refractivity contribution is 6.05. The third-order valence-corrected chi connectivity index (χ3v) is 7.45. The van der Waals surface area contributed by atoms with Gasteiger partial charge in [-0.2, -0.15) is 0 Å². The van der Waals surface area contributed by atoms with Crippen molar-refractivity contribution in [2.45, 2.75) is 38.0 Å². The number of esters is 1. The van der Waals surface area contributed by atoms with Crippen LogP contribution in [0, 0.1) is 5.92 Å². The van der Waals surface area contributed by atoms with E-state index >= 15 is 0 Å². The summed E-state index contributed by atoms with van der Waals surface area (Å²) in [5.74, 6) is 0.885. The first-order valence-electron chi connectivity index (χ1n) is 12.8. The molecule has 2 aliphatic rings. The van der Waals surface area contributed by atoms with Crippen molar-refractivity contribution in [3.05, 3.63) is 78.4 Å². The zero-order valence-electron chi connectivity index (χ0n) is 20.7. The minimum Gasteiger partial charge on any atom is -0.469 e. The van der Waals surface area contributed by atoms with E-state index in [1.165, 1.54) is 12.7 Å². The summed E-state index contributed by atoms with van der Waals surface area (Å²) < 4.78 is 4.83. The second-order valence-corrected chi connectivity index (χ2v) is 9.73. The van der Waals surface area contributed by atoms with Gasteiger partial charge in [-0.3, -0.25) is 9.69 Å². The van der Waals surface area contributed by atoms with E-state index in [1.54, 1.807) is 0 Å². The maximum Gasteiger partial charge on any atom is 0.326 e. The molecule has 0 atom stereocenters. The molecule has 0 bridgehead atoms. The van der Waals surface area contributed by atoms with Gasteiger partial charge in [0.2, 0.25) is 0 Å². The topological polar surface area (TPSA) is 70.7 Å². The van der Waals surface area contributed by atoms with E-state index in [4.69, 9.17) is 4.74 Å². The van der Waals surface area contributed by atoms with Crippen molar-refractivity contribution in [3.63, 3.8) is 0 Å². The van der Waals surface area contributed by atoms with Crippen LogP contribution in [0.2, 0.25) is 0 Å². The zero-order valence-corrected chi connectivity index (χ0v) is 20.7. The normalized spacial score (nSPS) is 19.1. The number of methoxy groups -OCH3 is 1. The Morgan fingerprint density at radius 1 is 0.944 bits per heavy atom. The molecule has 2 N–H and O–H groups in total. The molecule has 3 aromatic rings. The SMILES string of the molecule is COC(=O)CC1CCC(c2ccc(-c3ccc4c(c3)N(C(=O)Nc3ccccc3)CCN4)cc2)CC1. The summed E-state index contributed by atoms with van der Waals surface area (Å²) in [6.45, 7) is 1.32. The molecule has 0 aromatic heterocycles. The standard InChI is InChI=1S/C30H33N3O3/c1-36-29(34)19-21-7-9-22(10-8-21)23-11-13-24(14-12-23)25-15-16-27-28(20-25)33(18-17-31-27)30(35)32-26-5-3-2-4-6-26/h2-6,11-16,20-22,31H,7-10,17-19H2,1H3,(H,32,35). The maximum atomic E-state index is 13.1. The first kappa shape index (κ1) is 23.9. The summed E-state index contributed by atoms with van der Waals surface area (Å²) in [7, 11) is 1.46. The summed E-state index contributed by atoms with van der Waals surface area (Å²) in [6.07, 6.45) is 4.89. The third-order valence-electron chi connectivity index (χ3n) is 7.45. The van der Waals surface area contributed by atoms with E-state index in [-0.39, 0.29) is 12.0 Å². The van der Waals surface area contributed by atoms with Crippen LogP contribution in [-0.4, -0.2) is 32.2 Å². The number of rotatable bonds is 5. The number of para-hydroxylation sites is 1. The number of carbonyl (C=O) groups is 2. The predicted octanol–water partition coefficient (Wildman–Crippen LogP) is 6.65. The highest BCUT2D eigenvalue weighted by Crippen LogP contribution is 2.39. The summed E-state index contributed by atoms with van der Waals surface area (Å²) in [4.78, 5) is 26.4. The predicted molar refractivity (Wildman–Crippen MR) is 145 cm³/mol. The highest BCUT2D eigenvalue weighted by Gasteiger charge is 2.25. The Labute approximate surface area is 212 Å². The van der Waals surface area contributed by atoms with Gasteiger partial charge in [0.1, 0.15) is 0 Å². The van der Waals surface area contributed by atoms with Crippen molar-refractivity contribution >= 4 is 29.1 Å². The Bertz CT molecular complexity index is 1200. The average Bonchev–Trinajstić information content (AvgIpc) is 2.93. The van der Waals surface area contributed by atoms with Gasteiger partial charge >= 0.3 is 12.0 Å². The van der Waals surface area contributed by atoms with E-state index in [1.807, 2.05) is 35.2 Å². The van der Waals surface area contributed by atoms with Crippen molar-refractivity contribution in [2.24, 2.45) is 5.92 Å². The van der Waals surface area contributed by atoms with Gasteiger partial charge in [0.05, 0.1) is 18.5 Å². The van der Waals surface area contributed by atoms with Crippen LogP contribution in [0.3, 0.4) is 0 Å². The van der Waals surface area contributed by atoms with E-state index in [0.717, 1.165) is 53.9 Å². The first-order chi connectivity index (χ1) is 17.6. The molecule has 0 radical (unpaired) electrons. The highest BCUT2D eigenvalue weighted by atomic mass is 16.5. The number of benzene rings is 3. The molecule has 2 amide bonds. The van der Waals surface area contributed by atoms with Crippen LogP contribution >= 0.6 is 0 Å². The summed E-state index contributed by atoms with van der Waals surface area (Å²) in [5.41, 5.74) is 6.22. The minimum atomic E-state index is -0.126. The molecular formula is C30H33N3O3. The third kappa shape index (κ3) is 5.38. The smallest absolute Gasteiger partial charge is 0.326 e. The Kier molecular flexibility index (Phi) is 7.21. The van der Waals surface area contributed by atoms with Gasteiger partial charge in [-0.25, -0.2) is 4.79 Å². The molecule has 1 aliphatic carbocycles. The molecule has 3 aromatic carbocycles. The molecule has 1 fully saturated rings. The number of hydrogen-bond donors (Lipinski definition) is 2. The minimum absolute atomic E-state index is 0.0980. The maximum absolute atomic E-state index is 13.1. The van der Waals surface area contributed by atoms with Crippen molar-refractivity contribution < 1.29 is 14.3 Å². The van der Waals surface area contributed by atoms with Gasteiger partial charge in [-0.1, -0.05) is 48.5 Å². The molecule has 1 heterocycles. The van der Waals surface area contributed by atoms with Gasteiger partial charge in [0, 0.05) is 25.2 Å². The molecular weight excluding hydrogens is 450 g/mol. The van der Waals surface area contributed by atoms with Crippen LogP contribution in [0.15, 0.2) is 72.8 Å². The number of fused-ring (bicyclic) bond motifs is 1. The van der Waals surface area contributed by atoms with Crippen LogP contribution in [-0.2, 0) is 9.53 Å². The van der Waals surface area contributed by atoms with Gasteiger partial charge in [0.15, 0.2) is 0 Å². The molecule has 1 saturated carbocycles. The van der Waals surface area contributed by atoms with Crippen molar-refractivity contribution in [1.82, 2.24) is 0 Å². The fraction of sp³-hybridized carbons (Fsp3) is 0.333. The summed E-state index contributed by atoms with van der Waals surface area (Å²) in [5, 5.41) is 6.42. The molecule has 186 valence electrons. The van der Waals surface area contributed by atoms with Crippen LogP contribution in [0.1, 0.15) is 43.6 Å². The van der Waals surface area contributed by atoms with Gasteiger partial charge < -0.3 is 15.4 Å². The second-order valence-electron chi connectivity index (χ2n) is 9.73. The quantitative estimate of drug-likeness (QED) is 0.398. The number of urea groups is 1. The van der Waals surface area contributed by atoms with Gasteiger partial charge in [-0.15, -0.1) is 0 Å². The Hall–Kier alpha value is -3.80. The van der Waals surface area contributed by atoms with Crippen LogP contribution in [0.25, 0.3) is 11.1 Å². The fourth-order valence-electron chi connectivity index (χ4n) is 5.40. The molecule has 5 rings (SSSR count). The van der Waals surface area contributed by atoms with E-state index < -0.39 is 0 Å². The first-order valence-corrected chi connectivity index (χ1v) is 12.8. The number of nitrogens with zero attached hydrogens (tertiary/aromatic N) is 1. The monoisotopic (exact) mass is 483 g/mol. The summed E-state index contributed by atoms with van der Waals surface area (Å²) in [6, 6.07) is 24.5. The molecule has 6 nitrogen and oxygen atoms in total. The van der Waals surface area contributed by atoms with Crippen LogP contribution in [0.5, 0.6) is 0 Å². The van der Waals surface area contributed by atoms with Gasteiger partial charge in [0.25, 0.3) is 0 Å². The number of amides is 2. The molecule has 6 heteroatoms. The molecule has 0 unspecified atom stereocenters. The molecule has 0 spiro atoms. The number of nitrogens with one attached hydrogen (secondary N) is 2. The van der Waals surface area contributed by atoms with E-state index in [9.17, 15) is 9.59 Å². The lowest BCUT2D eigenvalue weighted by atomic mass is 9.77. The Morgan fingerprint density at radius 3 is 2.39 bits per heavy atom. The lowest BCUT2D eigenvalue weighted by Gasteiger charge is -2.31. The van der Waals surface area contributed by atoms with Crippen LogP contribution in [0.4, 0.5) is 21.9 Å². The molecule has 0 saturated heterocycles. The number of carbonyl (C=O) groups excluding carboxylic acids is 2. The molecule has 1 aliphatic heterocycles. The summed E-state index contributed by atoms with van der Waals surface area (Å²) >= 11 is 0. The lowest BCUT2D eigenvalue weighted by Crippen LogP contribution is -2.41. The van der Waals surface area contributed by atoms with E-state index in [0.29, 0.717) is 31.3 Å². The van der Waals surface area contributed by atoms with Crippen molar-refractivity contribution in [3.8, 4) is 11.1 Å².